The second kappa shape index (κ2) is 15.8. The van der Waals surface area contributed by atoms with Gasteiger partial charge in [-0.1, -0.05) is 39.2 Å². The number of aryl methyl sites for hydroxylation is 1. The van der Waals surface area contributed by atoms with Crippen LogP contribution in [0.15, 0.2) is 18.2 Å². The molecule has 0 bridgehead atoms. The first-order chi connectivity index (χ1) is 19.6. The molecule has 42 heavy (non-hydrogen) atoms. The number of benzene rings is 1. The summed E-state index contributed by atoms with van der Waals surface area (Å²) in [6.07, 6.45) is 5.34. The number of amides is 4. The van der Waals surface area contributed by atoms with Crippen LogP contribution in [0.25, 0.3) is 0 Å². The third-order valence-electron chi connectivity index (χ3n) is 7.57. The van der Waals surface area contributed by atoms with Gasteiger partial charge in [-0.05, 0) is 95.9 Å². The van der Waals surface area contributed by atoms with Crippen molar-refractivity contribution in [2.24, 2.45) is 11.7 Å². The van der Waals surface area contributed by atoms with Crippen molar-refractivity contribution in [2.45, 2.75) is 136 Å². The van der Waals surface area contributed by atoms with Crippen LogP contribution >= 0.6 is 0 Å². The Balaban J connectivity index is 2.60. The number of nitrogens with zero attached hydrogens (tertiary/aromatic N) is 1. The van der Waals surface area contributed by atoms with Crippen LogP contribution in [0.3, 0.4) is 0 Å². The van der Waals surface area contributed by atoms with Crippen molar-refractivity contribution < 1.29 is 29.0 Å². The largest absolute Gasteiger partial charge is 0.508 e. The highest BCUT2D eigenvalue weighted by atomic mass is 16.6. The number of phenolic OH excluding ortho intramolecular Hbond substituents is 1. The van der Waals surface area contributed by atoms with E-state index < -0.39 is 41.6 Å². The molecule has 1 fully saturated rings. The molecule has 1 aromatic rings. The molecule has 1 aromatic carbocycles. The maximum absolute atomic E-state index is 14.5. The minimum Gasteiger partial charge on any atom is -0.508 e. The van der Waals surface area contributed by atoms with Crippen LogP contribution in [0.1, 0.15) is 116 Å². The number of carbonyl (C=O) groups excluding carboxylic acids is 4. The maximum atomic E-state index is 14.5. The van der Waals surface area contributed by atoms with E-state index in [1.807, 2.05) is 6.92 Å². The Morgan fingerprint density at radius 3 is 2.24 bits per heavy atom. The van der Waals surface area contributed by atoms with Crippen LogP contribution in [0, 0.1) is 12.8 Å². The molecule has 0 radical (unpaired) electrons. The van der Waals surface area contributed by atoms with E-state index in [-0.39, 0.29) is 30.5 Å². The van der Waals surface area contributed by atoms with Gasteiger partial charge in [0.15, 0.2) is 0 Å². The lowest BCUT2D eigenvalue weighted by atomic mass is 9.93. The highest BCUT2D eigenvalue weighted by Gasteiger charge is 2.39. The molecule has 10 heteroatoms. The highest BCUT2D eigenvalue weighted by molar-refractivity contribution is 5.93. The summed E-state index contributed by atoms with van der Waals surface area (Å²) in [7, 11) is 0. The van der Waals surface area contributed by atoms with Crippen molar-refractivity contribution in [1.29, 1.82) is 0 Å². The van der Waals surface area contributed by atoms with Gasteiger partial charge in [0.2, 0.25) is 17.7 Å². The van der Waals surface area contributed by atoms with Crippen molar-refractivity contribution in [3.8, 4) is 5.75 Å². The predicted octanol–water partition coefficient (Wildman–Crippen LogP) is 5.00. The lowest BCUT2D eigenvalue weighted by Crippen LogP contribution is -2.56. The number of nitrogens with two attached hydrogens (primary N) is 1. The highest BCUT2D eigenvalue weighted by Crippen LogP contribution is 2.31. The van der Waals surface area contributed by atoms with E-state index >= 15 is 0 Å². The smallest absolute Gasteiger partial charge is 0.408 e. The minimum atomic E-state index is -1.16. The van der Waals surface area contributed by atoms with Gasteiger partial charge in [0.1, 0.15) is 23.4 Å². The molecule has 1 aliphatic rings. The van der Waals surface area contributed by atoms with E-state index in [1.165, 1.54) is 11.0 Å². The molecular formula is C32H52N4O6. The Morgan fingerprint density at radius 2 is 1.69 bits per heavy atom. The van der Waals surface area contributed by atoms with Crippen LogP contribution < -0.4 is 16.4 Å². The summed E-state index contributed by atoms with van der Waals surface area (Å²) in [6.45, 7) is 13.0. The minimum absolute atomic E-state index is 0.000399. The number of rotatable bonds is 13. The van der Waals surface area contributed by atoms with E-state index in [9.17, 15) is 24.3 Å². The van der Waals surface area contributed by atoms with Crippen molar-refractivity contribution in [3.63, 3.8) is 0 Å². The Kier molecular flexibility index (Phi) is 13.1. The fourth-order valence-corrected chi connectivity index (χ4v) is 5.30. The van der Waals surface area contributed by atoms with E-state index in [0.717, 1.165) is 38.5 Å². The van der Waals surface area contributed by atoms with Gasteiger partial charge in [0, 0.05) is 18.5 Å². The Morgan fingerprint density at radius 1 is 1.05 bits per heavy atom. The first-order valence-corrected chi connectivity index (χ1v) is 15.3. The second-order valence-corrected chi connectivity index (χ2v) is 13.1. The van der Waals surface area contributed by atoms with Crippen LogP contribution in [-0.4, -0.2) is 57.5 Å². The molecule has 1 aliphatic carbocycles. The van der Waals surface area contributed by atoms with E-state index in [2.05, 4.69) is 24.5 Å². The van der Waals surface area contributed by atoms with Gasteiger partial charge in [-0.15, -0.1) is 0 Å². The maximum Gasteiger partial charge on any atom is 0.408 e. The number of nitrogens with one attached hydrogen (secondary N) is 2. The Hall–Kier alpha value is -3.30. The van der Waals surface area contributed by atoms with Gasteiger partial charge in [0.05, 0.1) is 0 Å². The third-order valence-corrected chi connectivity index (χ3v) is 7.57. The summed E-state index contributed by atoms with van der Waals surface area (Å²) in [4.78, 5) is 54.7. The van der Waals surface area contributed by atoms with Gasteiger partial charge in [-0.2, -0.15) is 0 Å². The number of primary amides is 1. The number of ether oxygens (including phenoxy) is 1. The summed E-state index contributed by atoms with van der Waals surface area (Å²) in [5.74, 6) is -0.989. The zero-order chi connectivity index (χ0) is 31.6. The molecule has 4 amide bonds. The van der Waals surface area contributed by atoms with Crippen molar-refractivity contribution in [3.05, 3.63) is 29.3 Å². The van der Waals surface area contributed by atoms with Gasteiger partial charge in [0.25, 0.3) is 0 Å². The zero-order valence-electron chi connectivity index (χ0n) is 26.5. The molecule has 10 nitrogen and oxygen atoms in total. The molecular weight excluding hydrogens is 536 g/mol. The van der Waals surface area contributed by atoms with Crippen LogP contribution in [0.5, 0.6) is 5.75 Å². The number of alkyl carbamates (subject to hydrolysis) is 1. The molecule has 0 aromatic heterocycles. The topological polar surface area (TPSA) is 151 Å². The summed E-state index contributed by atoms with van der Waals surface area (Å²) in [5, 5.41) is 16.1. The van der Waals surface area contributed by atoms with Crippen molar-refractivity contribution >= 4 is 23.8 Å². The first kappa shape index (κ1) is 34.9. The number of hydrogen-bond acceptors (Lipinski definition) is 6. The summed E-state index contributed by atoms with van der Waals surface area (Å²) in [5.41, 5.74) is 5.74. The van der Waals surface area contributed by atoms with Crippen molar-refractivity contribution in [2.75, 3.05) is 0 Å². The summed E-state index contributed by atoms with van der Waals surface area (Å²) < 4.78 is 5.42. The second-order valence-electron chi connectivity index (χ2n) is 13.1. The molecule has 0 spiro atoms. The number of carbonyl (C=O) groups is 4. The Bertz CT molecular complexity index is 1080. The number of hydrogen-bond donors (Lipinski definition) is 4. The quantitative estimate of drug-likeness (QED) is 0.255. The average Bonchev–Trinajstić information content (AvgIpc) is 2.88. The molecule has 1 saturated carbocycles. The van der Waals surface area contributed by atoms with Crippen LogP contribution in [0.2, 0.25) is 0 Å². The fourth-order valence-electron chi connectivity index (χ4n) is 5.30. The Labute approximate surface area is 251 Å². The summed E-state index contributed by atoms with van der Waals surface area (Å²) >= 11 is 0. The van der Waals surface area contributed by atoms with E-state index in [0.29, 0.717) is 23.5 Å². The SMILES string of the molecule is Cc1cc(C(C(=O)NC2CCCCC2)N(C(=O)C(CCC(N)=O)NC(=O)OC(C)(C)C)C(C)CCC(C)C)ccc1O. The number of phenols is 1. The normalized spacial score (nSPS) is 16.3. The first-order valence-electron chi connectivity index (χ1n) is 15.3. The monoisotopic (exact) mass is 588 g/mol. The third kappa shape index (κ3) is 11.2. The van der Waals surface area contributed by atoms with Gasteiger partial charge in [-0.3, -0.25) is 14.4 Å². The molecule has 5 N–H and O–H groups in total. The van der Waals surface area contributed by atoms with E-state index in [1.54, 1.807) is 39.8 Å². The van der Waals surface area contributed by atoms with Gasteiger partial charge < -0.3 is 31.1 Å². The lowest BCUT2D eigenvalue weighted by Gasteiger charge is -2.39. The standard InChI is InChI=1S/C32H52N4O6/c1-20(2)13-14-22(4)36(30(40)25(16-18-27(33)38)35-31(41)42-32(5,6)7)28(23-15-17-26(37)21(3)19-23)29(39)34-24-11-9-8-10-12-24/h15,17,19-20,22,24-25,28,37H,8-14,16,18H2,1-7H3,(H2,33,38)(H,34,39)(H,35,41). The molecule has 0 heterocycles. The molecule has 3 unspecified atom stereocenters. The average molecular weight is 589 g/mol. The molecule has 0 saturated heterocycles. The fraction of sp³-hybridized carbons (Fsp3) is 0.688. The number of aromatic hydroxyl groups is 1. The van der Waals surface area contributed by atoms with E-state index in [4.69, 9.17) is 10.5 Å². The van der Waals surface area contributed by atoms with Gasteiger partial charge in [-0.25, -0.2) is 4.79 Å². The molecule has 2 rings (SSSR count). The molecule has 236 valence electrons. The molecule has 3 atom stereocenters. The van der Waals surface area contributed by atoms with Crippen LogP contribution in [-0.2, 0) is 19.1 Å². The molecule has 0 aliphatic heterocycles. The van der Waals surface area contributed by atoms with Crippen LogP contribution in [0.4, 0.5) is 4.79 Å². The van der Waals surface area contributed by atoms with Crippen molar-refractivity contribution in [1.82, 2.24) is 15.5 Å². The lowest BCUT2D eigenvalue weighted by molar-refractivity contribution is -0.145. The zero-order valence-corrected chi connectivity index (χ0v) is 26.5. The predicted molar refractivity (Wildman–Crippen MR) is 163 cm³/mol. The summed E-state index contributed by atoms with van der Waals surface area (Å²) in [6, 6.07) is 2.32. The van der Waals surface area contributed by atoms with Gasteiger partial charge >= 0.3 is 6.09 Å².